The van der Waals surface area contributed by atoms with Crippen LogP contribution in [0.25, 0.3) is 11.1 Å². The van der Waals surface area contributed by atoms with Gasteiger partial charge in [0.25, 0.3) is 0 Å². The van der Waals surface area contributed by atoms with E-state index >= 15 is 0 Å². The van der Waals surface area contributed by atoms with Crippen molar-refractivity contribution in [3.05, 3.63) is 54.6 Å². The molecule has 0 aliphatic heterocycles. The molecule has 1 unspecified atom stereocenters. The Balaban J connectivity index is 2.11. The number of benzene rings is 2. The largest absolute Gasteiger partial charge is 0.481 e. The summed E-state index contributed by atoms with van der Waals surface area (Å²) in [7, 11) is 0. The van der Waals surface area contributed by atoms with Crippen molar-refractivity contribution in [1.82, 2.24) is 0 Å². The summed E-state index contributed by atoms with van der Waals surface area (Å²) >= 11 is 0. The molecule has 108 valence electrons. The van der Waals surface area contributed by atoms with Crippen LogP contribution >= 0.6 is 0 Å². The van der Waals surface area contributed by atoms with Crippen LogP contribution < -0.4 is 4.74 Å². The van der Waals surface area contributed by atoms with E-state index in [1.807, 2.05) is 30.3 Å². The third kappa shape index (κ3) is 4.07. The summed E-state index contributed by atoms with van der Waals surface area (Å²) in [5.41, 5.74) is 2.00. The Morgan fingerprint density at radius 3 is 2.00 bits per heavy atom. The molecule has 2 rings (SSSR count). The van der Waals surface area contributed by atoms with Crippen molar-refractivity contribution in [2.45, 2.75) is 12.5 Å². The summed E-state index contributed by atoms with van der Waals surface area (Å²) in [6, 6.07) is 16.5. The number of hydrogen-bond donors (Lipinski definition) is 2. The third-order valence-corrected chi connectivity index (χ3v) is 2.88. The van der Waals surface area contributed by atoms with Crippen LogP contribution in [0.1, 0.15) is 6.42 Å². The number of rotatable bonds is 6. The predicted molar refractivity (Wildman–Crippen MR) is 76.2 cm³/mol. The molecule has 21 heavy (non-hydrogen) atoms. The Morgan fingerprint density at radius 2 is 1.48 bits per heavy atom. The molecule has 1 atom stereocenters. The lowest BCUT2D eigenvalue weighted by atomic mass is 10.1. The third-order valence-electron chi connectivity index (χ3n) is 2.88. The van der Waals surface area contributed by atoms with Crippen molar-refractivity contribution >= 4 is 11.9 Å². The fourth-order valence-corrected chi connectivity index (χ4v) is 1.86. The van der Waals surface area contributed by atoms with Crippen LogP contribution in [-0.2, 0) is 9.59 Å². The van der Waals surface area contributed by atoms with Gasteiger partial charge in [-0.3, -0.25) is 4.79 Å². The van der Waals surface area contributed by atoms with Gasteiger partial charge in [0.1, 0.15) is 5.75 Å². The van der Waals surface area contributed by atoms with E-state index in [0.717, 1.165) is 11.1 Å². The van der Waals surface area contributed by atoms with E-state index in [2.05, 4.69) is 0 Å². The first-order valence-corrected chi connectivity index (χ1v) is 6.33. The number of hydrogen-bond acceptors (Lipinski definition) is 3. The molecule has 0 bridgehead atoms. The first kappa shape index (κ1) is 14.6. The molecule has 0 radical (unpaired) electrons. The summed E-state index contributed by atoms with van der Waals surface area (Å²) in [5.74, 6) is -2.20. The highest BCUT2D eigenvalue weighted by Crippen LogP contribution is 2.23. The predicted octanol–water partition coefficient (Wildman–Crippen LogP) is 2.66. The summed E-state index contributed by atoms with van der Waals surface area (Å²) in [5, 5.41) is 17.6. The minimum Gasteiger partial charge on any atom is -0.481 e. The zero-order valence-electron chi connectivity index (χ0n) is 11.1. The maximum absolute atomic E-state index is 10.9. The van der Waals surface area contributed by atoms with Crippen molar-refractivity contribution in [3.8, 4) is 16.9 Å². The standard InChI is InChI=1S/C16H14O5/c17-15(18)10-14(16(19)20)21-13-8-6-12(7-9-13)11-4-2-1-3-5-11/h1-9,14H,10H2,(H,17,18)(H,19,20). The van der Waals surface area contributed by atoms with Crippen molar-refractivity contribution in [2.24, 2.45) is 0 Å². The first-order chi connectivity index (χ1) is 10.1. The molecular weight excluding hydrogens is 272 g/mol. The molecule has 0 fully saturated rings. The van der Waals surface area contributed by atoms with Crippen LogP contribution in [0.2, 0.25) is 0 Å². The molecule has 0 aliphatic carbocycles. The van der Waals surface area contributed by atoms with E-state index in [1.165, 1.54) is 0 Å². The van der Waals surface area contributed by atoms with Crippen LogP contribution in [0.3, 0.4) is 0 Å². The molecule has 2 aromatic carbocycles. The fourth-order valence-electron chi connectivity index (χ4n) is 1.86. The highest BCUT2D eigenvalue weighted by atomic mass is 16.5. The lowest BCUT2D eigenvalue weighted by Gasteiger charge is -2.13. The Bertz CT molecular complexity index is 619. The van der Waals surface area contributed by atoms with Crippen molar-refractivity contribution in [3.63, 3.8) is 0 Å². The average Bonchev–Trinajstić information content (AvgIpc) is 2.48. The van der Waals surface area contributed by atoms with Crippen molar-refractivity contribution in [1.29, 1.82) is 0 Å². The minimum absolute atomic E-state index is 0.323. The van der Waals surface area contributed by atoms with E-state index < -0.39 is 24.5 Å². The number of carboxylic acids is 2. The lowest BCUT2D eigenvalue weighted by molar-refractivity contribution is -0.151. The van der Waals surface area contributed by atoms with Crippen LogP contribution in [0.4, 0.5) is 0 Å². The highest BCUT2D eigenvalue weighted by Gasteiger charge is 2.22. The lowest BCUT2D eigenvalue weighted by Crippen LogP contribution is -2.29. The fraction of sp³-hybridized carbons (Fsp3) is 0.125. The van der Waals surface area contributed by atoms with Crippen LogP contribution in [-0.4, -0.2) is 28.3 Å². The van der Waals surface area contributed by atoms with E-state index in [9.17, 15) is 9.59 Å². The van der Waals surface area contributed by atoms with Gasteiger partial charge in [0.05, 0.1) is 6.42 Å². The van der Waals surface area contributed by atoms with Crippen LogP contribution in [0, 0.1) is 0 Å². The number of carboxylic acid groups (broad SMARTS) is 2. The van der Waals surface area contributed by atoms with Gasteiger partial charge in [-0.05, 0) is 23.3 Å². The van der Waals surface area contributed by atoms with E-state index in [4.69, 9.17) is 14.9 Å². The maximum atomic E-state index is 10.9. The molecular formula is C16H14O5. The number of aliphatic carboxylic acids is 2. The van der Waals surface area contributed by atoms with Gasteiger partial charge < -0.3 is 14.9 Å². The molecule has 0 amide bonds. The second kappa shape index (κ2) is 6.56. The topological polar surface area (TPSA) is 83.8 Å². The SMILES string of the molecule is O=C(O)CC(Oc1ccc(-c2ccccc2)cc1)C(=O)O. The van der Waals surface area contributed by atoms with Crippen molar-refractivity contribution < 1.29 is 24.5 Å². The van der Waals surface area contributed by atoms with Gasteiger partial charge in [-0.15, -0.1) is 0 Å². The quantitative estimate of drug-likeness (QED) is 0.853. The zero-order valence-corrected chi connectivity index (χ0v) is 11.1. The Morgan fingerprint density at radius 1 is 0.905 bits per heavy atom. The molecule has 0 spiro atoms. The smallest absolute Gasteiger partial charge is 0.345 e. The monoisotopic (exact) mass is 286 g/mol. The van der Waals surface area contributed by atoms with Gasteiger partial charge in [0, 0.05) is 0 Å². The average molecular weight is 286 g/mol. The van der Waals surface area contributed by atoms with Gasteiger partial charge in [-0.1, -0.05) is 42.5 Å². The Hall–Kier alpha value is -2.82. The molecule has 0 saturated heterocycles. The second-order valence-corrected chi connectivity index (χ2v) is 4.43. The van der Waals surface area contributed by atoms with Gasteiger partial charge in [0.15, 0.2) is 0 Å². The normalized spacial score (nSPS) is 11.6. The molecule has 5 heteroatoms. The van der Waals surface area contributed by atoms with Gasteiger partial charge in [-0.25, -0.2) is 4.79 Å². The maximum Gasteiger partial charge on any atom is 0.345 e. The first-order valence-electron chi connectivity index (χ1n) is 6.33. The highest BCUT2D eigenvalue weighted by molar-refractivity contribution is 5.80. The molecule has 2 N–H and O–H groups in total. The summed E-state index contributed by atoms with van der Waals surface area (Å²) in [6.07, 6.45) is -1.99. The zero-order chi connectivity index (χ0) is 15.2. The van der Waals surface area contributed by atoms with Crippen LogP contribution in [0.15, 0.2) is 54.6 Å². The number of ether oxygens (including phenoxy) is 1. The van der Waals surface area contributed by atoms with E-state index in [-0.39, 0.29) is 0 Å². The van der Waals surface area contributed by atoms with E-state index in [1.54, 1.807) is 24.3 Å². The van der Waals surface area contributed by atoms with E-state index in [0.29, 0.717) is 5.75 Å². The van der Waals surface area contributed by atoms with Gasteiger partial charge in [0.2, 0.25) is 6.10 Å². The molecule has 2 aromatic rings. The number of carbonyl (C=O) groups is 2. The minimum atomic E-state index is -1.40. The summed E-state index contributed by atoms with van der Waals surface area (Å²) < 4.78 is 5.20. The van der Waals surface area contributed by atoms with Gasteiger partial charge in [-0.2, -0.15) is 0 Å². The molecule has 0 heterocycles. The summed E-state index contributed by atoms with van der Waals surface area (Å²) in [4.78, 5) is 21.5. The van der Waals surface area contributed by atoms with Crippen molar-refractivity contribution in [2.75, 3.05) is 0 Å². The molecule has 0 aliphatic rings. The van der Waals surface area contributed by atoms with Crippen LogP contribution in [0.5, 0.6) is 5.75 Å². The molecule has 5 nitrogen and oxygen atoms in total. The van der Waals surface area contributed by atoms with Gasteiger partial charge >= 0.3 is 11.9 Å². The summed E-state index contributed by atoms with van der Waals surface area (Å²) in [6.45, 7) is 0. The second-order valence-electron chi connectivity index (χ2n) is 4.43. The molecule has 0 aromatic heterocycles. The Kier molecular flexibility index (Phi) is 4.56. The molecule has 0 saturated carbocycles. The Labute approximate surface area is 121 Å².